The maximum atomic E-state index is 13.0. The van der Waals surface area contributed by atoms with Crippen LogP contribution in [-0.2, 0) is 13.1 Å². The van der Waals surface area contributed by atoms with Crippen molar-refractivity contribution in [3.8, 4) is 0 Å². The highest BCUT2D eigenvalue weighted by Crippen LogP contribution is 2.09. The summed E-state index contributed by atoms with van der Waals surface area (Å²) in [5.41, 5.74) is 2.66. The van der Waals surface area contributed by atoms with E-state index >= 15 is 0 Å². The number of nitrogens with zero attached hydrogens (tertiary/aromatic N) is 1. The summed E-state index contributed by atoms with van der Waals surface area (Å²) in [5, 5.41) is 5.34. The van der Waals surface area contributed by atoms with Gasteiger partial charge in [-0.25, -0.2) is 9.18 Å². The van der Waals surface area contributed by atoms with E-state index in [9.17, 15) is 9.18 Å². The first-order valence-electron chi connectivity index (χ1n) is 7.06. The van der Waals surface area contributed by atoms with Gasteiger partial charge in [-0.05, 0) is 43.4 Å². The van der Waals surface area contributed by atoms with Crippen LogP contribution < -0.4 is 10.6 Å². The van der Waals surface area contributed by atoms with Crippen molar-refractivity contribution >= 4 is 11.7 Å². The zero-order valence-electron chi connectivity index (χ0n) is 12.8. The van der Waals surface area contributed by atoms with Crippen molar-refractivity contribution in [1.29, 1.82) is 0 Å². The normalized spacial score (nSPS) is 10.5. The third-order valence-electron chi connectivity index (χ3n) is 3.06. The third-order valence-corrected chi connectivity index (χ3v) is 3.06. The minimum absolute atomic E-state index is 0.358. The van der Waals surface area contributed by atoms with Gasteiger partial charge in [0, 0.05) is 18.8 Å². The van der Waals surface area contributed by atoms with Crippen molar-refractivity contribution in [3.05, 3.63) is 65.5 Å². The number of halogens is 1. The molecule has 0 saturated heterocycles. The summed E-state index contributed by atoms with van der Waals surface area (Å²) >= 11 is 0. The van der Waals surface area contributed by atoms with Gasteiger partial charge in [0.15, 0.2) is 0 Å². The van der Waals surface area contributed by atoms with Crippen molar-refractivity contribution in [2.45, 2.75) is 13.1 Å². The van der Waals surface area contributed by atoms with Crippen LogP contribution in [0, 0.1) is 5.82 Å². The Bertz CT molecular complexity index is 626. The number of carbonyl (C=O) groups is 1. The molecule has 2 aromatic carbocycles. The van der Waals surface area contributed by atoms with Crippen LogP contribution in [0.2, 0.25) is 0 Å². The van der Waals surface area contributed by atoms with Gasteiger partial charge >= 0.3 is 6.03 Å². The van der Waals surface area contributed by atoms with Crippen LogP contribution >= 0.6 is 0 Å². The molecule has 0 radical (unpaired) electrons. The minimum atomic E-state index is -0.380. The van der Waals surface area contributed by atoms with Gasteiger partial charge in [0.25, 0.3) is 0 Å². The topological polar surface area (TPSA) is 44.4 Å². The molecule has 2 amide bonds. The number of benzene rings is 2. The van der Waals surface area contributed by atoms with Crippen LogP contribution in [0.4, 0.5) is 14.9 Å². The summed E-state index contributed by atoms with van der Waals surface area (Å²) in [7, 11) is 4.04. The Morgan fingerprint density at radius 3 is 2.41 bits per heavy atom. The molecule has 4 nitrogen and oxygen atoms in total. The maximum absolute atomic E-state index is 13.0. The summed E-state index contributed by atoms with van der Waals surface area (Å²) < 4.78 is 13.0. The standard InChI is InChI=1S/C17H20FN3O/c1-21(2)12-14-8-6-13(7-9-14)11-19-17(22)20-16-5-3-4-15(18)10-16/h3-10H,11-12H2,1-2H3,(H2,19,20,22). The molecule has 0 fully saturated rings. The van der Waals surface area contributed by atoms with Gasteiger partial charge in [0.1, 0.15) is 5.82 Å². The maximum Gasteiger partial charge on any atom is 0.319 e. The molecule has 22 heavy (non-hydrogen) atoms. The van der Waals surface area contributed by atoms with E-state index in [1.165, 1.54) is 17.7 Å². The smallest absolute Gasteiger partial charge is 0.319 e. The van der Waals surface area contributed by atoms with Crippen molar-refractivity contribution < 1.29 is 9.18 Å². The Balaban J connectivity index is 1.83. The number of anilines is 1. The molecular weight excluding hydrogens is 281 g/mol. The molecule has 2 aromatic rings. The first-order chi connectivity index (χ1) is 10.5. The molecule has 0 aliphatic carbocycles. The molecular formula is C17H20FN3O. The largest absolute Gasteiger partial charge is 0.334 e. The molecule has 0 aliphatic rings. The molecule has 0 bridgehead atoms. The number of amides is 2. The van der Waals surface area contributed by atoms with Gasteiger partial charge in [-0.3, -0.25) is 0 Å². The monoisotopic (exact) mass is 301 g/mol. The third kappa shape index (κ3) is 5.18. The van der Waals surface area contributed by atoms with Gasteiger partial charge in [0.05, 0.1) is 0 Å². The molecule has 2 N–H and O–H groups in total. The van der Waals surface area contributed by atoms with E-state index in [1.807, 2.05) is 38.4 Å². The van der Waals surface area contributed by atoms with E-state index in [2.05, 4.69) is 15.5 Å². The summed E-state index contributed by atoms with van der Waals surface area (Å²) in [4.78, 5) is 13.9. The van der Waals surface area contributed by atoms with E-state index < -0.39 is 0 Å². The Hall–Kier alpha value is -2.40. The number of carbonyl (C=O) groups excluding carboxylic acids is 1. The average molecular weight is 301 g/mol. The Morgan fingerprint density at radius 1 is 1.09 bits per heavy atom. The lowest BCUT2D eigenvalue weighted by molar-refractivity contribution is 0.251. The van der Waals surface area contributed by atoms with Crippen LogP contribution in [0.25, 0.3) is 0 Å². The predicted octanol–water partition coefficient (Wildman–Crippen LogP) is 3.21. The lowest BCUT2D eigenvalue weighted by atomic mass is 10.1. The van der Waals surface area contributed by atoms with Crippen molar-refractivity contribution in [2.75, 3.05) is 19.4 Å². The second kappa shape index (κ2) is 7.56. The molecule has 0 heterocycles. The minimum Gasteiger partial charge on any atom is -0.334 e. The average Bonchev–Trinajstić information content (AvgIpc) is 2.46. The number of hydrogen-bond donors (Lipinski definition) is 2. The summed E-state index contributed by atoms with van der Waals surface area (Å²) in [5.74, 6) is -0.380. The Labute approximate surface area is 129 Å². The highest BCUT2D eigenvalue weighted by atomic mass is 19.1. The van der Waals surface area contributed by atoms with Crippen LogP contribution in [0.5, 0.6) is 0 Å². The molecule has 0 spiro atoms. The molecule has 0 aromatic heterocycles. The summed E-state index contributed by atoms with van der Waals surface area (Å²) in [6.07, 6.45) is 0. The van der Waals surface area contributed by atoms with E-state index in [0.29, 0.717) is 12.2 Å². The highest BCUT2D eigenvalue weighted by molar-refractivity contribution is 5.89. The van der Waals surface area contributed by atoms with Crippen molar-refractivity contribution in [2.24, 2.45) is 0 Å². The molecule has 0 atom stereocenters. The van der Waals surface area contributed by atoms with Crippen LogP contribution in [0.15, 0.2) is 48.5 Å². The second-order valence-electron chi connectivity index (χ2n) is 5.37. The molecule has 0 aliphatic heterocycles. The van der Waals surface area contributed by atoms with E-state index in [4.69, 9.17) is 0 Å². The van der Waals surface area contributed by atoms with Crippen molar-refractivity contribution in [1.82, 2.24) is 10.2 Å². The van der Waals surface area contributed by atoms with E-state index in [0.717, 1.165) is 12.1 Å². The molecule has 116 valence electrons. The molecule has 2 rings (SSSR count). The van der Waals surface area contributed by atoms with Gasteiger partial charge < -0.3 is 15.5 Å². The number of hydrogen-bond acceptors (Lipinski definition) is 2. The summed E-state index contributed by atoms with van der Waals surface area (Å²) in [6, 6.07) is 13.5. The van der Waals surface area contributed by atoms with Crippen LogP contribution in [0.1, 0.15) is 11.1 Å². The quantitative estimate of drug-likeness (QED) is 0.890. The van der Waals surface area contributed by atoms with Crippen molar-refractivity contribution in [3.63, 3.8) is 0 Å². The molecule has 0 saturated carbocycles. The van der Waals surface area contributed by atoms with E-state index in [-0.39, 0.29) is 11.8 Å². The van der Waals surface area contributed by atoms with Gasteiger partial charge in [-0.15, -0.1) is 0 Å². The fourth-order valence-corrected chi connectivity index (χ4v) is 2.05. The Kier molecular flexibility index (Phi) is 5.49. The fourth-order valence-electron chi connectivity index (χ4n) is 2.05. The fraction of sp³-hybridized carbons (Fsp3) is 0.235. The highest BCUT2D eigenvalue weighted by Gasteiger charge is 2.03. The van der Waals surface area contributed by atoms with Gasteiger partial charge in [-0.1, -0.05) is 30.3 Å². The Morgan fingerprint density at radius 2 is 1.77 bits per heavy atom. The zero-order valence-corrected chi connectivity index (χ0v) is 12.8. The predicted molar refractivity (Wildman–Crippen MR) is 86.1 cm³/mol. The first-order valence-corrected chi connectivity index (χ1v) is 7.06. The lowest BCUT2D eigenvalue weighted by Gasteiger charge is -2.11. The zero-order chi connectivity index (χ0) is 15.9. The van der Waals surface area contributed by atoms with Gasteiger partial charge in [-0.2, -0.15) is 0 Å². The number of urea groups is 1. The van der Waals surface area contributed by atoms with Crippen LogP contribution in [0.3, 0.4) is 0 Å². The summed E-state index contributed by atoms with van der Waals surface area (Å²) in [6.45, 7) is 1.30. The SMILES string of the molecule is CN(C)Cc1ccc(CNC(=O)Nc2cccc(F)c2)cc1. The van der Waals surface area contributed by atoms with Crippen LogP contribution in [-0.4, -0.2) is 25.0 Å². The van der Waals surface area contributed by atoms with E-state index in [1.54, 1.807) is 12.1 Å². The first kappa shape index (κ1) is 16.0. The lowest BCUT2D eigenvalue weighted by Crippen LogP contribution is -2.28. The second-order valence-corrected chi connectivity index (χ2v) is 5.37. The molecule has 5 heteroatoms. The van der Waals surface area contributed by atoms with Gasteiger partial charge in [0.2, 0.25) is 0 Å². The number of nitrogens with one attached hydrogen (secondary N) is 2. The number of rotatable bonds is 5. The molecule has 0 unspecified atom stereocenters.